The number of rotatable bonds is 4. The monoisotopic (exact) mass is 154 g/mol. The third kappa shape index (κ3) is 2.61. The van der Waals surface area contributed by atoms with Gasteiger partial charge in [-0.3, -0.25) is 0 Å². The standard InChI is InChI=1S/C10H12B2/c1-11-7-9-3-5-10(6-4-9)8-12-2/h3-6H,1-2,7-8H2. The Kier molecular flexibility index (Phi) is 3.72. The summed E-state index contributed by atoms with van der Waals surface area (Å²) < 4.78 is 0. The van der Waals surface area contributed by atoms with Gasteiger partial charge in [0.05, 0.1) is 0 Å². The van der Waals surface area contributed by atoms with Crippen LogP contribution in [0.4, 0.5) is 0 Å². The first kappa shape index (κ1) is 9.18. The molecule has 0 nitrogen and oxygen atoms in total. The van der Waals surface area contributed by atoms with Gasteiger partial charge in [-0.1, -0.05) is 0 Å². The molecule has 0 atom stereocenters. The maximum atomic E-state index is 3.70. The minimum absolute atomic E-state index is 0.953. The van der Waals surface area contributed by atoms with Crippen molar-refractivity contribution in [3.63, 3.8) is 0 Å². The molecule has 1 aromatic rings. The molecule has 0 unspecified atom stereocenters. The van der Waals surface area contributed by atoms with E-state index in [0.717, 1.165) is 12.6 Å². The van der Waals surface area contributed by atoms with Gasteiger partial charge in [-0.15, -0.1) is 0 Å². The molecule has 0 saturated heterocycles. The third-order valence-electron chi connectivity index (χ3n) is 1.78. The molecule has 0 spiro atoms. The minimum atomic E-state index is 0.953. The summed E-state index contributed by atoms with van der Waals surface area (Å²) in [5.74, 6) is 0. The van der Waals surface area contributed by atoms with Crippen LogP contribution in [0.2, 0.25) is 0 Å². The Labute approximate surface area is 75.4 Å². The van der Waals surface area contributed by atoms with E-state index in [-0.39, 0.29) is 0 Å². The van der Waals surface area contributed by atoms with Crippen LogP contribution in [0.1, 0.15) is 11.1 Å². The Morgan fingerprint density at radius 1 is 0.833 bits per heavy atom. The maximum absolute atomic E-state index is 3.70. The second-order valence-corrected chi connectivity index (χ2v) is 2.80. The van der Waals surface area contributed by atoms with Crippen molar-refractivity contribution in [2.24, 2.45) is 0 Å². The fourth-order valence-electron chi connectivity index (χ4n) is 1.14. The fourth-order valence-corrected chi connectivity index (χ4v) is 1.14. The van der Waals surface area contributed by atoms with E-state index < -0.39 is 0 Å². The summed E-state index contributed by atoms with van der Waals surface area (Å²) in [7, 11) is 0. The van der Waals surface area contributed by atoms with E-state index in [2.05, 4.69) is 37.2 Å². The molecule has 1 aromatic carbocycles. The van der Waals surface area contributed by atoms with Crippen LogP contribution in [0.15, 0.2) is 24.3 Å². The molecule has 1 rings (SSSR count). The molecular formula is C10H12B2. The summed E-state index contributed by atoms with van der Waals surface area (Å²) in [6.07, 6.45) is 1.91. The molecular weight excluding hydrogens is 142 g/mol. The van der Waals surface area contributed by atoms with E-state index in [1.807, 2.05) is 13.8 Å². The van der Waals surface area contributed by atoms with Gasteiger partial charge in [0.1, 0.15) is 0 Å². The SMILES string of the molecule is C=BCc1ccc(CB=C)cc1. The Morgan fingerprint density at radius 3 is 1.42 bits per heavy atom. The Morgan fingerprint density at radius 2 is 1.17 bits per heavy atom. The molecule has 2 heteroatoms. The van der Waals surface area contributed by atoms with Gasteiger partial charge in [-0.05, 0) is 0 Å². The topological polar surface area (TPSA) is 0 Å². The van der Waals surface area contributed by atoms with Crippen molar-refractivity contribution in [3.8, 4) is 0 Å². The molecule has 0 aromatic heterocycles. The van der Waals surface area contributed by atoms with Gasteiger partial charge < -0.3 is 0 Å². The average Bonchev–Trinajstić information content (AvgIpc) is 2.09. The van der Waals surface area contributed by atoms with Gasteiger partial charge in [0, 0.05) is 0 Å². The van der Waals surface area contributed by atoms with Crippen LogP contribution in [-0.2, 0) is 12.6 Å². The molecule has 0 fully saturated rings. The second-order valence-electron chi connectivity index (χ2n) is 2.80. The van der Waals surface area contributed by atoms with Crippen molar-refractivity contribution in [2.45, 2.75) is 12.6 Å². The number of benzene rings is 1. The summed E-state index contributed by atoms with van der Waals surface area (Å²) >= 11 is 0. The van der Waals surface area contributed by atoms with Crippen LogP contribution >= 0.6 is 0 Å². The first-order chi connectivity index (χ1) is 5.86. The molecule has 12 heavy (non-hydrogen) atoms. The van der Waals surface area contributed by atoms with Crippen LogP contribution < -0.4 is 0 Å². The second kappa shape index (κ2) is 4.87. The van der Waals surface area contributed by atoms with Crippen molar-refractivity contribution in [1.82, 2.24) is 0 Å². The van der Waals surface area contributed by atoms with Crippen LogP contribution in [0.3, 0.4) is 0 Å². The van der Waals surface area contributed by atoms with E-state index in [9.17, 15) is 0 Å². The molecule has 0 N–H and O–H groups in total. The Hall–Kier alpha value is -0.910. The van der Waals surface area contributed by atoms with Crippen LogP contribution in [0.25, 0.3) is 0 Å². The molecule has 0 saturated carbocycles. The number of hydrogen-bond donors (Lipinski definition) is 0. The summed E-state index contributed by atoms with van der Waals surface area (Å²) in [4.78, 5) is 0. The van der Waals surface area contributed by atoms with Crippen molar-refractivity contribution in [1.29, 1.82) is 0 Å². The zero-order chi connectivity index (χ0) is 8.81. The molecule has 58 valence electrons. The van der Waals surface area contributed by atoms with E-state index in [0.29, 0.717) is 0 Å². The fraction of sp³-hybridized carbons (Fsp3) is 0.200. The molecule has 0 amide bonds. The van der Waals surface area contributed by atoms with Gasteiger partial charge in [-0.25, -0.2) is 0 Å². The first-order valence-electron chi connectivity index (χ1n) is 4.16. The van der Waals surface area contributed by atoms with Crippen molar-refractivity contribution < 1.29 is 0 Å². The van der Waals surface area contributed by atoms with Crippen LogP contribution in [0.5, 0.6) is 0 Å². The molecule has 0 bridgehead atoms. The Bertz CT molecular complexity index is 233. The summed E-state index contributed by atoms with van der Waals surface area (Å²) in [5.41, 5.74) is 2.63. The predicted octanol–water partition coefficient (Wildman–Crippen LogP) is 0.959. The average molecular weight is 154 g/mol. The van der Waals surface area contributed by atoms with Gasteiger partial charge in [0.25, 0.3) is 0 Å². The molecule has 0 aliphatic rings. The quantitative estimate of drug-likeness (QED) is 0.566. The molecule has 0 heterocycles. The van der Waals surface area contributed by atoms with E-state index in [1.54, 1.807) is 0 Å². The molecule has 0 aliphatic carbocycles. The van der Waals surface area contributed by atoms with Gasteiger partial charge >= 0.3 is 74.8 Å². The zero-order valence-corrected chi connectivity index (χ0v) is 7.29. The van der Waals surface area contributed by atoms with Crippen LogP contribution in [0, 0.1) is 0 Å². The van der Waals surface area contributed by atoms with E-state index >= 15 is 0 Å². The third-order valence-corrected chi connectivity index (χ3v) is 1.78. The zero-order valence-electron chi connectivity index (χ0n) is 7.29. The van der Waals surface area contributed by atoms with Crippen molar-refractivity contribution in [2.75, 3.05) is 0 Å². The summed E-state index contributed by atoms with van der Waals surface area (Å²) in [5, 5.41) is 0. The number of hydrogen-bond acceptors (Lipinski definition) is 0. The van der Waals surface area contributed by atoms with Crippen molar-refractivity contribution in [3.05, 3.63) is 35.4 Å². The Balaban J connectivity index is 2.70. The summed E-state index contributed by atoms with van der Waals surface area (Å²) in [6, 6.07) is 8.56. The molecule has 0 radical (unpaired) electrons. The van der Waals surface area contributed by atoms with Gasteiger partial charge in [0.2, 0.25) is 0 Å². The van der Waals surface area contributed by atoms with Crippen molar-refractivity contribution >= 4 is 26.8 Å². The molecule has 0 aliphatic heterocycles. The first-order valence-corrected chi connectivity index (χ1v) is 4.16. The predicted molar refractivity (Wildman–Crippen MR) is 59.6 cm³/mol. The van der Waals surface area contributed by atoms with Gasteiger partial charge in [-0.2, -0.15) is 0 Å². The van der Waals surface area contributed by atoms with Gasteiger partial charge in [0.15, 0.2) is 0 Å². The normalized spacial score (nSPS) is 8.67. The van der Waals surface area contributed by atoms with E-state index in [1.165, 1.54) is 11.1 Å². The van der Waals surface area contributed by atoms with E-state index in [4.69, 9.17) is 0 Å². The van der Waals surface area contributed by atoms with Crippen LogP contribution in [-0.4, -0.2) is 26.8 Å². The summed E-state index contributed by atoms with van der Waals surface area (Å²) in [6.45, 7) is 11.2.